The van der Waals surface area contributed by atoms with E-state index in [9.17, 15) is 17.6 Å². The topological polar surface area (TPSA) is 88.6 Å². The lowest BCUT2D eigenvalue weighted by molar-refractivity contribution is -0.114. The summed E-state index contributed by atoms with van der Waals surface area (Å²) >= 11 is 6.06. The first-order chi connectivity index (χ1) is 14.3. The fourth-order valence-electron chi connectivity index (χ4n) is 2.62. The number of anilines is 2. The maximum Gasteiger partial charge on any atom is 0.266 e. The summed E-state index contributed by atoms with van der Waals surface area (Å²) in [5.41, 5.74) is 0.492. The monoisotopic (exact) mass is 449 g/mol. The van der Waals surface area contributed by atoms with Crippen molar-refractivity contribution in [1.82, 2.24) is 4.98 Å². The number of methoxy groups -OCH3 is 1. The highest BCUT2D eigenvalue weighted by Gasteiger charge is 2.27. The van der Waals surface area contributed by atoms with Crippen molar-refractivity contribution < 1.29 is 22.3 Å². The second kappa shape index (κ2) is 9.10. The third kappa shape index (κ3) is 4.87. The van der Waals surface area contributed by atoms with Crippen molar-refractivity contribution in [1.29, 1.82) is 0 Å². The van der Waals surface area contributed by atoms with E-state index >= 15 is 0 Å². The van der Waals surface area contributed by atoms with Crippen LogP contribution in [0.3, 0.4) is 0 Å². The minimum absolute atomic E-state index is 0.102. The van der Waals surface area contributed by atoms with Crippen LogP contribution in [0.25, 0.3) is 0 Å². The lowest BCUT2D eigenvalue weighted by atomic mass is 10.3. The molecule has 1 amide bonds. The molecule has 0 aliphatic heterocycles. The SMILES string of the molecule is COc1ccc(NC(=O)CN(c2ccc(F)cc2)S(=O)(=O)c2cccnc2)cc1Cl. The average Bonchev–Trinajstić information content (AvgIpc) is 2.73. The fraction of sp³-hybridized carbons (Fsp3) is 0.100. The quantitative estimate of drug-likeness (QED) is 0.594. The van der Waals surface area contributed by atoms with Crippen molar-refractivity contribution in [3.8, 4) is 5.75 Å². The predicted octanol–water partition coefficient (Wildman–Crippen LogP) is 3.72. The van der Waals surface area contributed by atoms with E-state index in [-0.39, 0.29) is 15.6 Å². The molecule has 156 valence electrons. The van der Waals surface area contributed by atoms with Gasteiger partial charge in [-0.2, -0.15) is 0 Å². The summed E-state index contributed by atoms with van der Waals surface area (Å²) in [5.74, 6) is -0.718. The summed E-state index contributed by atoms with van der Waals surface area (Å²) in [4.78, 5) is 16.3. The van der Waals surface area contributed by atoms with Crippen molar-refractivity contribution in [3.63, 3.8) is 0 Å². The number of halogens is 2. The van der Waals surface area contributed by atoms with Crippen LogP contribution in [-0.2, 0) is 14.8 Å². The molecule has 0 aliphatic rings. The van der Waals surface area contributed by atoms with E-state index in [1.807, 2.05) is 0 Å². The first kappa shape index (κ1) is 21.5. The predicted molar refractivity (Wildman–Crippen MR) is 112 cm³/mol. The lowest BCUT2D eigenvalue weighted by Crippen LogP contribution is -2.38. The van der Waals surface area contributed by atoms with Gasteiger partial charge >= 0.3 is 0 Å². The molecule has 0 aliphatic carbocycles. The molecule has 1 heterocycles. The molecule has 2 aromatic carbocycles. The molecule has 1 N–H and O–H groups in total. The van der Waals surface area contributed by atoms with E-state index in [2.05, 4.69) is 10.3 Å². The zero-order valence-corrected chi connectivity index (χ0v) is 17.3. The Balaban J connectivity index is 1.90. The number of nitrogens with zero attached hydrogens (tertiary/aromatic N) is 2. The largest absolute Gasteiger partial charge is 0.495 e. The number of aromatic nitrogens is 1. The number of carbonyl (C=O) groups excluding carboxylic acids is 1. The molecule has 10 heteroatoms. The van der Waals surface area contributed by atoms with Crippen molar-refractivity contribution >= 4 is 38.9 Å². The smallest absolute Gasteiger partial charge is 0.266 e. The molecule has 3 rings (SSSR count). The third-order valence-electron chi connectivity index (χ3n) is 4.06. The van der Waals surface area contributed by atoms with Gasteiger partial charge in [0.15, 0.2) is 0 Å². The van der Waals surface area contributed by atoms with E-state index in [0.29, 0.717) is 11.4 Å². The first-order valence-electron chi connectivity index (χ1n) is 8.63. The molecule has 0 saturated heterocycles. The van der Waals surface area contributed by atoms with Crippen LogP contribution < -0.4 is 14.4 Å². The molecule has 0 unspecified atom stereocenters. The van der Waals surface area contributed by atoms with Crippen molar-refractivity contribution in [2.75, 3.05) is 23.3 Å². The number of hydrogen-bond donors (Lipinski definition) is 1. The van der Waals surface area contributed by atoms with Gasteiger partial charge in [0.25, 0.3) is 10.0 Å². The number of rotatable bonds is 7. The summed E-state index contributed by atoms with van der Waals surface area (Å²) in [6, 6.07) is 12.2. The van der Waals surface area contributed by atoms with Gasteiger partial charge in [0.1, 0.15) is 23.0 Å². The summed E-state index contributed by atoms with van der Waals surface area (Å²) in [6.45, 7) is -0.549. The molecule has 0 spiro atoms. The molecule has 1 aromatic heterocycles. The van der Waals surface area contributed by atoms with E-state index in [1.165, 1.54) is 49.8 Å². The Morgan fingerprint density at radius 3 is 2.53 bits per heavy atom. The molecule has 0 saturated carbocycles. The zero-order chi connectivity index (χ0) is 21.7. The summed E-state index contributed by atoms with van der Waals surface area (Å²) in [5, 5.41) is 2.88. The Hall–Kier alpha value is -3.17. The van der Waals surface area contributed by atoms with Gasteiger partial charge in [-0.1, -0.05) is 11.6 Å². The van der Waals surface area contributed by atoms with E-state index in [4.69, 9.17) is 16.3 Å². The number of ether oxygens (including phenoxy) is 1. The Morgan fingerprint density at radius 1 is 1.20 bits per heavy atom. The summed E-state index contributed by atoms with van der Waals surface area (Å²) in [6.07, 6.45) is 2.61. The van der Waals surface area contributed by atoms with Crippen LogP contribution in [0.2, 0.25) is 5.02 Å². The summed E-state index contributed by atoms with van der Waals surface area (Å²) in [7, 11) is -2.67. The zero-order valence-electron chi connectivity index (χ0n) is 15.7. The third-order valence-corrected chi connectivity index (χ3v) is 6.11. The number of sulfonamides is 1. The molecule has 7 nitrogen and oxygen atoms in total. The molecular weight excluding hydrogens is 433 g/mol. The maximum atomic E-state index is 13.3. The van der Waals surface area contributed by atoms with Crippen LogP contribution in [-0.4, -0.2) is 33.0 Å². The first-order valence-corrected chi connectivity index (χ1v) is 10.4. The Bertz CT molecular complexity index is 1140. The van der Waals surface area contributed by atoms with Gasteiger partial charge in [-0.15, -0.1) is 0 Å². The molecular formula is C20H17ClFN3O4S. The highest BCUT2D eigenvalue weighted by molar-refractivity contribution is 7.92. The van der Waals surface area contributed by atoms with E-state index < -0.39 is 28.3 Å². The summed E-state index contributed by atoms with van der Waals surface area (Å²) < 4.78 is 45.5. The standard InChI is InChI=1S/C20H17ClFN3O4S/c1-29-19-9-6-15(11-18(19)21)24-20(26)13-25(16-7-4-14(22)5-8-16)30(27,28)17-3-2-10-23-12-17/h2-12H,13H2,1H3,(H,24,26). The number of hydrogen-bond acceptors (Lipinski definition) is 5. The van der Waals surface area contributed by atoms with E-state index in [1.54, 1.807) is 12.1 Å². The lowest BCUT2D eigenvalue weighted by Gasteiger charge is -2.24. The molecule has 3 aromatic rings. The fourth-order valence-corrected chi connectivity index (χ4v) is 4.27. The van der Waals surface area contributed by atoms with Gasteiger partial charge in [0.05, 0.1) is 17.8 Å². The van der Waals surface area contributed by atoms with Crippen molar-refractivity contribution in [3.05, 3.63) is 77.8 Å². The highest BCUT2D eigenvalue weighted by Crippen LogP contribution is 2.28. The maximum absolute atomic E-state index is 13.3. The Kier molecular flexibility index (Phi) is 6.53. The molecule has 30 heavy (non-hydrogen) atoms. The Morgan fingerprint density at radius 2 is 1.93 bits per heavy atom. The van der Waals surface area contributed by atoms with Gasteiger partial charge in [-0.25, -0.2) is 12.8 Å². The molecule has 0 radical (unpaired) electrons. The van der Waals surface area contributed by atoms with Crippen LogP contribution in [0.5, 0.6) is 5.75 Å². The second-order valence-corrected chi connectivity index (χ2v) is 8.34. The van der Waals surface area contributed by atoms with Gasteiger partial charge in [-0.05, 0) is 54.6 Å². The number of nitrogens with one attached hydrogen (secondary N) is 1. The number of pyridine rings is 1. The Labute approximate surface area is 178 Å². The van der Waals surface area contributed by atoms with Crippen LogP contribution in [0.15, 0.2) is 71.9 Å². The molecule has 0 fully saturated rings. The second-order valence-electron chi connectivity index (χ2n) is 6.07. The number of amides is 1. The van der Waals surface area contributed by atoms with Gasteiger partial charge in [-0.3, -0.25) is 14.1 Å². The van der Waals surface area contributed by atoms with Crippen molar-refractivity contribution in [2.24, 2.45) is 0 Å². The number of benzene rings is 2. The van der Waals surface area contributed by atoms with Gasteiger partial charge in [0, 0.05) is 18.1 Å². The normalized spacial score (nSPS) is 11.0. The highest BCUT2D eigenvalue weighted by atomic mass is 35.5. The molecule has 0 atom stereocenters. The molecule has 0 bridgehead atoms. The average molecular weight is 450 g/mol. The van der Waals surface area contributed by atoms with Crippen molar-refractivity contribution in [2.45, 2.75) is 4.90 Å². The van der Waals surface area contributed by atoms with Gasteiger partial charge < -0.3 is 10.1 Å². The minimum atomic E-state index is -4.13. The van der Waals surface area contributed by atoms with Crippen LogP contribution in [0.1, 0.15) is 0 Å². The minimum Gasteiger partial charge on any atom is -0.495 e. The van der Waals surface area contributed by atoms with Crippen LogP contribution >= 0.6 is 11.6 Å². The van der Waals surface area contributed by atoms with Gasteiger partial charge in [0.2, 0.25) is 5.91 Å². The number of carbonyl (C=O) groups is 1. The van der Waals surface area contributed by atoms with E-state index in [0.717, 1.165) is 16.4 Å². The van der Waals surface area contributed by atoms with Crippen LogP contribution in [0, 0.1) is 5.82 Å². The van der Waals surface area contributed by atoms with Crippen LogP contribution in [0.4, 0.5) is 15.8 Å².